The van der Waals surface area contributed by atoms with Gasteiger partial charge in [0.2, 0.25) is 15.9 Å². The molecule has 2 aliphatic heterocycles. The van der Waals surface area contributed by atoms with E-state index in [2.05, 4.69) is 10.0 Å². The number of morpholine rings is 1. The van der Waals surface area contributed by atoms with E-state index in [1.807, 2.05) is 41.3 Å². The molecule has 34 heavy (non-hydrogen) atoms. The summed E-state index contributed by atoms with van der Waals surface area (Å²) in [6, 6.07) is 15.2. The van der Waals surface area contributed by atoms with E-state index in [0.717, 1.165) is 30.6 Å². The molecule has 1 atom stereocenters. The molecule has 8 heteroatoms. The standard InChI is InChI=1S/C26H33N3O4S/c30-26(29-15-16-33-18-25(29)20-5-2-1-3-6-20)21-8-11-22(12-9-21)28-34(31,32)23-13-10-19-7-4-14-27-24(19)17-23/h1-3,5-6,10,13,17,21-22,25,27-28H,4,7-9,11-12,14-16,18H2/t21-,22-,25?. The molecule has 2 aromatic rings. The third kappa shape index (κ3) is 4.99. The molecule has 2 heterocycles. The predicted octanol–water partition coefficient (Wildman–Crippen LogP) is 3.48. The zero-order valence-electron chi connectivity index (χ0n) is 19.4. The number of hydrogen-bond donors (Lipinski definition) is 2. The molecule has 5 rings (SSSR count). The summed E-state index contributed by atoms with van der Waals surface area (Å²) in [5.41, 5.74) is 3.18. The first-order valence-electron chi connectivity index (χ1n) is 12.3. The summed E-state index contributed by atoms with van der Waals surface area (Å²) in [6.45, 7) is 2.54. The number of benzene rings is 2. The molecule has 1 saturated carbocycles. The number of rotatable bonds is 5. The maximum atomic E-state index is 13.4. The van der Waals surface area contributed by atoms with Crippen LogP contribution in [0.5, 0.6) is 0 Å². The highest BCUT2D eigenvalue weighted by atomic mass is 32.2. The maximum Gasteiger partial charge on any atom is 0.240 e. The van der Waals surface area contributed by atoms with Crippen LogP contribution in [0, 0.1) is 5.92 Å². The average Bonchev–Trinajstić information content (AvgIpc) is 2.89. The number of fused-ring (bicyclic) bond motifs is 1. The smallest absolute Gasteiger partial charge is 0.240 e. The van der Waals surface area contributed by atoms with Crippen molar-refractivity contribution in [1.82, 2.24) is 9.62 Å². The van der Waals surface area contributed by atoms with Crippen molar-refractivity contribution in [3.63, 3.8) is 0 Å². The lowest BCUT2D eigenvalue weighted by molar-refractivity contribution is -0.145. The molecule has 0 radical (unpaired) electrons. The summed E-state index contributed by atoms with van der Waals surface area (Å²) in [5.74, 6) is 0.0947. The molecule has 7 nitrogen and oxygen atoms in total. The lowest BCUT2D eigenvalue weighted by atomic mass is 9.85. The number of ether oxygens (including phenoxy) is 1. The Morgan fingerprint density at radius 1 is 1.06 bits per heavy atom. The number of carbonyl (C=O) groups excluding carboxylic acids is 1. The number of sulfonamides is 1. The molecular weight excluding hydrogens is 450 g/mol. The van der Waals surface area contributed by atoms with Crippen LogP contribution in [-0.2, 0) is 26.0 Å². The van der Waals surface area contributed by atoms with E-state index in [0.29, 0.717) is 50.3 Å². The zero-order chi connectivity index (χ0) is 23.5. The van der Waals surface area contributed by atoms with E-state index in [4.69, 9.17) is 4.74 Å². The Hall–Kier alpha value is -2.42. The summed E-state index contributed by atoms with van der Waals surface area (Å²) in [6.07, 6.45) is 4.75. The predicted molar refractivity (Wildman–Crippen MR) is 131 cm³/mol. The van der Waals surface area contributed by atoms with Gasteiger partial charge in [-0.3, -0.25) is 4.79 Å². The van der Waals surface area contributed by atoms with Crippen molar-refractivity contribution in [2.75, 3.05) is 31.6 Å². The second-order valence-corrected chi connectivity index (χ2v) is 11.3. The highest BCUT2D eigenvalue weighted by Gasteiger charge is 2.35. The number of aryl methyl sites for hydroxylation is 1. The van der Waals surface area contributed by atoms with Crippen molar-refractivity contribution in [2.24, 2.45) is 5.92 Å². The molecule has 0 aromatic heterocycles. The molecule has 0 bridgehead atoms. The van der Waals surface area contributed by atoms with Crippen LogP contribution in [0.3, 0.4) is 0 Å². The number of hydrogen-bond acceptors (Lipinski definition) is 5. The SMILES string of the molecule is O=C([C@H]1CC[C@H](NS(=O)(=O)c2ccc3c(c2)NCCC3)CC1)N1CCOCC1c1ccccc1. The zero-order valence-corrected chi connectivity index (χ0v) is 20.2. The lowest BCUT2D eigenvalue weighted by Gasteiger charge is -2.39. The second-order valence-electron chi connectivity index (χ2n) is 9.55. The highest BCUT2D eigenvalue weighted by Crippen LogP contribution is 2.32. The van der Waals surface area contributed by atoms with E-state index in [1.165, 1.54) is 5.56 Å². The average molecular weight is 484 g/mol. The van der Waals surface area contributed by atoms with E-state index in [9.17, 15) is 13.2 Å². The summed E-state index contributed by atoms with van der Waals surface area (Å²) in [7, 11) is -3.60. The van der Waals surface area contributed by atoms with E-state index in [1.54, 1.807) is 12.1 Å². The van der Waals surface area contributed by atoms with Gasteiger partial charge in [-0.25, -0.2) is 13.1 Å². The van der Waals surface area contributed by atoms with Gasteiger partial charge in [-0.1, -0.05) is 36.4 Å². The first-order chi connectivity index (χ1) is 16.5. The molecule has 2 N–H and O–H groups in total. The van der Waals surface area contributed by atoms with Gasteiger partial charge in [0.15, 0.2) is 0 Å². The van der Waals surface area contributed by atoms with Crippen molar-refractivity contribution in [2.45, 2.75) is 55.5 Å². The third-order valence-electron chi connectivity index (χ3n) is 7.32. The van der Waals surface area contributed by atoms with Crippen LogP contribution in [0.2, 0.25) is 0 Å². The maximum absolute atomic E-state index is 13.4. The van der Waals surface area contributed by atoms with Crippen LogP contribution in [0.4, 0.5) is 5.69 Å². The summed E-state index contributed by atoms with van der Waals surface area (Å²) < 4.78 is 34.6. The molecule has 1 amide bonds. The Balaban J connectivity index is 1.20. The molecule has 3 aliphatic rings. The fourth-order valence-electron chi connectivity index (χ4n) is 5.41. The number of amides is 1. The fraction of sp³-hybridized carbons (Fsp3) is 0.500. The lowest BCUT2D eigenvalue weighted by Crippen LogP contribution is -2.47. The second kappa shape index (κ2) is 10.1. The van der Waals surface area contributed by atoms with Gasteiger partial charge in [0.05, 0.1) is 24.2 Å². The summed E-state index contributed by atoms with van der Waals surface area (Å²) in [5, 5.41) is 3.30. The molecule has 182 valence electrons. The van der Waals surface area contributed by atoms with Crippen LogP contribution in [0.15, 0.2) is 53.4 Å². The first-order valence-corrected chi connectivity index (χ1v) is 13.8. The number of carbonyl (C=O) groups is 1. The molecule has 1 unspecified atom stereocenters. The first kappa shape index (κ1) is 23.3. The molecule has 0 spiro atoms. The number of nitrogens with one attached hydrogen (secondary N) is 2. The minimum Gasteiger partial charge on any atom is -0.385 e. The van der Waals surface area contributed by atoms with E-state index >= 15 is 0 Å². The Labute approximate surface area is 201 Å². The molecule has 1 aliphatic carbocycles. The molecule has 1 saturated heterocycles. The fourth-order valence-corrected chi connectivity index (χ4v) is 6.74. The van der Waals surface area contributed by atoms with Gasteiger partial charge < -0.3 is 15.0 Å². The normalized spacial score (nSPS) is 25.3. The topological polar surface area (TPSA) is 87.7 Å². The Morgan fingerprint density at radius 2 is 1.85 bits per heavy atom. The molecular formula is C26H33N3O4S. The van der Waals surface area contributed by atoms with E-state index in [-0.39, 0.29) is 23.9 Å². The van der Waals surface area contributed by atoms with Crippen LogP contribution in [0.1, 0.15) is 49.3 Å². The van der Waals surface area contributed by atoms with Gasteiger partial charge in [0.25, 0.3) is 0 Å². The van der Waals surface area contributed by atoms with Gasteiger partial charge >= 0.3 is 0 Å². The van der Waals surface area contributed by atoms with Gasteiger partial charge in [0.1, 0.15) is 0 Å². The van der Waals surface area contributed by atoms with Crippen molar-refractivity contribution in [3.8, 4) is 0 Å². The Kier molecular flexibility index (Phi) is 6.90. The van der Waals surface area contributed by atoms with Crippen LogP contribution < -0.4 is 10.0 Å². The van der Waals surface area contributed by atoms with Crippen molar-refractivity contribution in [3.05, 3.63) is 59.7 Å². The monoisotopic (exact) mass is 483 g/mol. The molecule has 2 aromatic carbocycles. The van der Waals surface area contributed by atoms with Crippen LogP contribution >= 0.6 is 0 Å². The van der Waals surface area contributed by atoms with E-state index < -0.39 is 10.0 Å². The van der Waals surface area contributed by atoms with Crippen LogP contribution in [0.25, 0.3) is 0 Å². The summed E-state index contributed by atoms with van der Waals surface area (Å²) >= 11 is 0. The minimum absolute atomic E-state index is 0.0590. The van der Waals surface area contributed by atoms with Crippen molar-refractivity contribution in [1.29, 1.82) is 0 Å². The van der Waals surface area contributed by atoms with Crippen molar-refractivity contribution < 1.29 is 17.9 Å². The highest BCUT2D eigenvalue weighted by molar-refractivity contribution is 7.89. The van der Waals surface area contributed by atoms with Gasteiger partial charge in [-0.15, -0.1) is 0 Å². The minimum atomic E-state index is -3.60. The number of anilines is 1. The number of nitrogens with zero attached hydrogens (tertiary/aromatic N) is 1. The Morgan fingerprint density at radius 3 is 2.65 bits per heavy atom. The van der Waals surface area contributed by atoms with Crippen molar-refractivity contribution >= 4 is 21.6 Å². The van der Waals surface area contributed by atoms with Gasteiger partial charge in [0, 0.05) is 30.7 Å². The summed E-state index contributed by atoms with van der Waals surface area (Å²) in [4.78, 5) is 15.7. The van der Waals surface area contributed by atoms with Gasteiger partial charge in [-0.05, 0) is 61.8 Å². The molecule has 2 fully saturated rings. The quantitative estimate of drug-likeness (QED) is 0.680. The Bertz CT molecular complexity index is 1110. The van der Waals surface area contributed by atoms with Gasteiger partial charge in [-0.2, -0.15) is 0 Å². The third-order valence-corrected chi connectivity index (χ3v) is 8.84. The van der Waals surface area contributed by atoms with Crippen LogP contribution in [-0.4, -0.2) is 51.6 Å². The largest absolute Gasteiger partial charge is 0.385 e.